The topological polar surface area (TPSA) is 6.48 Å². The molecule has 1 heterocycles. The molecule has 1 aliphatic rings. The fourth-order valence-electron chi connectivity index (χ4n) is 1.92. The summed E-state index contributed by atoms with van der Waals surface area (Å²) in [6.45, 7) is 8.90. The number of thioether (sulfide) groups is 1. The third kappa shape index (κ3) is 4.29. The van der Waals surface area contributed by atoms with Crippen LogP contribution in [0.4, 0.5) is 0 Å². The molecule has 1 fully saturated rings. The summed E-state index contributed by atoms with van der Waals surface area (Å²) in [5.74, 6) is 2.04. The number of hydrogen-bond donors (Lipinski definition) is 0. The summed E-state index contributed by atoms with van der Waals surface area (Å²) in [6, 6.07) is 0. The van der Waals surface area contributed by atoms with E-state index < -0.39 is 0 Å². The maximum Gasteiger partial charge on any atom is 0.136 e. The van der Waals surface area contributed by atoms with Crippen LogP contribution in [0.1, 0.15) is 20.3 Å². The highest BCUT2D eigenvalue weighted by Crippen LogP contribution is 2.21. The Morgan fingerprint density at radius 3 is 2.60 bits per heavy atom. The van der Waals surface area contributed by atoms with E-state index in [-0.39, 0.29) is 0 Å². The highest BCUT2D eigenvalue weighted by atomic mass is 32.2. The molecule has 0 bridgehead atoms. The molecule has 1 aliphatic heterocycles. The van der Waals surface area contributed by atoms with Crippen molar-refractivity contribution in [3.05, 3.63) is 0 Å². The van der Waals surface area contributed by atoms with Crippen molar-refractivity contribution in [2.75, 3.05) is 39.0 Å². The van der Waals surface area contributed by atoms with Crippen LogP contribution in [0.2, 0.25) is 0 Å². The molecule has 1 rings (SSSR count). The number of nitrogens with zero attached hydrogens (tertiary/aromatic N) is 2. The van der Waals surface area contributed by atoms with Gasteiger partial charge < -0.3 is 9.80 Å². The zero-order chi connectivity index (χ0) is 11.3. The van der Waals surface area contributed by atoms with E-state index in [1.165, 1.54) is 25.3 Å². The van der Waals surface area contributed by atoms with Crippen molar-refractivity contribution < 1.29 is 0 Å². The van der Waals surface area contributed by atoms with Gasteiger partial charge in [-0.3, -0.25) is 0 Å². The number of rotatable bonds is 4. The Labute approximate surface area is 103 Å². The summed E-state index contributed by atoms with van der Waals surface area (Å²) in [5.41, 5.74) is 0. The van der Waals surface area contributed by atoms with Gasteiger partial charge in [0.1, 0.15) is 4.32 Å². The Bertz CT molecular complexity index is 205. The Morgan fingerprint density at radius 1 is 1.47 bits per heavy atom. The SMILES string of the molecule is CCN(CC)C(=S)SCC1CCN(C)C1. The van der Waals surface area contributed by atoms with Gasteiger partial charge in [0.05, 0.1) is 0 Å². The van der Waals surface area contributed by atoms with Crippen LogP contribution in [-0.2, 0) is 0 Å². The highest BCUT2D eigenvalue weighted by molar-refractivity contribution is 8.22. The predicted molar refractivity (Wildman–Crippen MR) is 73.6 cm³/mol. The molecular formula is C11H22N2S2. The minimum absolute atomic E-state index is 0.841. The first-order chi connectivity index (χ1) is 7.17. The summed E-state index contributed by atoms with van der Waals surface area (Å²) in [5, 5.41) is 0. The van der Waals surface area contributed by atoms with Crippen LogP contribution in [0, 0.1) is 5.92 Å². The minimum Gasteiger partial charge on any atom is -0.358 e. The molecule has 0 aromatic heterocycles. The second kappa shape index (κ2) is 6.71. The summed E-state index contributed by atoms with van der Waals surface area (Å²) >= 11 is 7.28. The highest BCUT2D eigenvalue weighted by Gasteiger charge is 2.20. The third-order valence-corrected chi connectivity index (χ3v) is 4.71. The number of hydrogen-bond acceptors (Lipinski definition) is 3. The van der Waals surface area contributed by atoms with Crippen LogP contribution in [-0.4, -0.2) is 53.1 Å². The molecule has 15 heavy (non-hydrogen) atoms. The van der Waals surface area contributed by atoms with Crippen LogP contribution in [0.5, 0.6) is 0 Å². The molecule has 2 nitrogen and oxygen atoms in total. The van der Waals surface area contributed by atoms with E-state index in [9.17, 15) is 0 Å². The summed E-state index contributed by atoms with van der Waals surface area (Å²) in [6.07, 6.45) is 1.34. The van der Waals surface area contributed by atoms with Gasteiger partial charge in [-0.1, -0.05) is 24.0 Å². The normalized spacial score (nSPS) is 21.9. The smallest absolute Gasteiger partial charge is 0.136 e. The fourth-order valence-corrected chi connectivity index (χ4v) is 3.48. The van der Waals surface area contributed by atoms with Gasteiger partial charge in [0.15, 0.2) is 0 Å². The first kappa shape index (κ1) is 13.3. The molecule has 4 heteroatoms. The lowest BCUT2D eigenvalue weighted by molar-refractivity contribution is 0.403. The molecule has 0 amide bonds. The zero-order valence-corrected chi connectivity index (χ0v) is 11.7. The van der Waals surface area contributed by atoms with Crippen LogP contribution in [0.15, 0.2) is 0 Å². The lowest BCUT2D eigenvalue weighted by Gasteiger charge is -2.21. The van der Waals surface area contributed by atoms with Gasteiger partial charge in [0.25, 0.3) is 0 Å². The maximum atomic E-state index is 5.41. The molecule has 0 aliphatic carbocycles. The molecule has 0 aromatic carbocycles. The molecule has 0 radical (unpaired) electrons. The molecule has 1 atom stereocenters. The molecule has 0 spiro atoms. The maximum absolute atomic E-state index is 5.41. The van der Waals surface area contributed by atoms with Crippen molar-refractivity contribution >= 4 is 28.3 Å². The van der Waals surface area contributed by atoms with Crippen molar-refractivity contribution in [2.45, 2.75) is 20.3 Å². The van der Waals surface area contributed by atoms with Gasteiger partial charge in [0.2, 0.25) is 0 Å². The van der Waals surface area contributed by atoms with Gasteiger partial charge in [-0.2, -0.15) is 0 Å². The quantitative estimate of drug-likeness (QED) is 0.702. The monoisotopic (exact) mass is 246 g/mol. The Balaban J connectivity index is 2.21. The van der Waals surface area contributed by atoms with E-state index in [2.05, 4.69) is 30.7 Å². The summed E-state index contributed by atoms with van der Waals surface area (Å²) in [4.78, 5) is 4.67. The van der Waals surface area contributed by atoms with E-state index >= 15 is 0 Å². The summed E-state index contributed by atoms with van der Waals surface area (Å²) in [7, 11) is 2.20. The van der Waals surface area contributed by atoms with E-state index in [4.69, 9.17) is 12.2 Å². The average Bonchev–Trinajstić information content (AvgIpc) is 2.63. The van der Waals surface area contributed by atoms with Crippen LogP contribution in [0.3, 0.4) is 0 Å². The first-order valence-corrected chi connectivity index (χ1v) is 7.17. The van der Waals surface area contributed by atoms with Crippen molar-refractivity contribution in [3.8, 4) is 0 Å². The number of thiocarbonyl (C=S) groups is 1. The average molecular weight is 246 g/mol. The lowest BCUT2D eigenvalue weighted by atomic mass is 10.2. The third-order valence-electron chi connectivity index (χ3n) is 2.95. The van der Waals surface area contributed by atoms with Gasteiger partial charge in [0, 0.05) is 25.4 Å². The van der Waals surface area contributed by atoms with Gasteiger partial charge in [-0.05, 0) is 39.8 Å². The van der Waals surface area contributed by atoms with Crippen LogP contribution < -0.4 is 0 Å². The van der Waals surface area contributed by atoms with Crippen molar-refractivity contribution in [1.29, 1.82) is 0 Å². The lowest BCUT2D eigenvalue weighted by Crippen LogP contribution is -2.27. The Hall–Kier alpha value is 0.200. The van der Waals surface area contributed by atoms with Gasteiger partial charge in [-0.25, -0.2) is 0 Å². The zero-order valence-electron chi connectivity index (χ0n) is 10.0. The number of likely N-dealkylation sites (tertiary alicyclic amines) is 1. The van der Waals surface area contributed by atoms with E-state index in [1.54, 1.807) is 0 Å². The molecule has 0 N–H and O–H groups in total. The fraction of sp³-hybridized carbons (Fsp3) is 0.909. The molecule has 0 aromatic rings. The molecule has 1 unspecified atom stereocenters. The molecule has 1 saturated heterocycles. The first-order valence-electron chi connectivity index (χ1n) is 5.77. The molecular weight excluding hydrogens is 224 g/mol. The van der Waals surface area contributed by atoms with E-state index in [1.807, 2.05) is 11.8 Å². The predicted octanol–water partition coefficient (Wildman–Crippen LogP) is 2.30. The van der Waals surface area contributed by atoms with Crippen LogP contribution >= 0.6 is 24.0 Å². The molecule has 88 valence electrons. The Morgan fingerprint density at radius 2 is 2.13 bits per heavy atom. The van der Waals surface area contributed by atoms with Crippen molar-refractivity contribution in [3.63, 3.8) is 0 Å². The van der Waals surface area contributed by atoms with Crippen LogP contribution in [0.25, 0.3) is 0 Å². The second-order valence-electron chi connectivity index (χ2n) is 4.17. The standard InChI is InChI=1S/C11H22N2S2/c1-4-13(5-2)11(14)15-9-10-6-7-12(3)8-10/h10H,4-9H2,1-3H3. The minimum atomic E-state index is 0.841. The van der Waals surface area contributed by atoms with Crippen molar-refractivity contribution in [1.82, 2.24) is 9.80 Å². The Kier molecular flexibility index (Phi) is 5.94. The van der Waals surface area contributed by atoms with Gasteiger partial charge >= 0.3 is 0 Å². The molecule has 0 saturated carbocycles. The largest absolute Gasteiger partial charge is 0.358 e. The van der Waals surface area contributed by atoms with Gasteiger partial charge in [-0.15, -0.1) is 0 Å². The summed E-state index contributed by atoms with van der Waals surface area (Å²) < 4.78 is 1.08. The van der Waals surface area contributed by atoms with E-state index in [0.29, 0.717) is 0 Å². The van der Waals surface area contributed by atoms with Crippen molar-refractivity contribution in [2.24, 2.45) is 5.92 Å². The second-order valence-corrected chi connectivity index (χ2v) is 5.82. The van der Waals surface area contributed by atoms with E-state index in [0.717, 1.165) is 23.3 Å².